The molecule has 0 saturated carbocycles. The molecule has 1 amide bonds. The lowest BCUT2D eigenvalue weighted by atomic mass is 9.98. The number of benzene rings is 1. The summed E-state index contributed by atoms with van der Waals surface area (Å²) in [5, 5.41) is 0.651. The van der Waals surface area contributed by atoms with Crippen molar-refractivity contribution in [1.82, 2.24) is 4.90 Å². The zero-order chi connectivity index (χ0) is 18.8. The molecule has 1 aromatic carbocycles. The summed E-state index contributed by atoms with van der Waals surface area (Å²) in [4.78, 5) is 28.9. The summed E-state index contributed by atoms with van der Waals surface area (Å²) in [7, 11) is 0. The Hall–Kier alpha value is -1.69. The average Bonchev–Trinajstić information content (AvgIpc) is 2.93. The highest BCUT2D eigenvalue weighted by Crippen LogP contribution is 2.34. The topological polar surface area (TPSA) is 63.4 Å². The van der Waals surface area contributed by atoms with Gasteiger partial charge in [-0.1, -0.05) is 23.7 Å². The minimum atomic E-state index is -0.421. The Morgan fingerprint density at radius 2 is 1.92 bits per heavy atom. The molecule has 0 spiro atoms. The van der Waals surface area contributed by atoms with Crippen molar-refractivity contribution in [3.63, 3.8) is 0 Å². The summed E-state index contributed by atoms with van der Waals surface area (Å²) in [5.74, 6) is -0.344. The molecule has 0 radical (unpaired) electrons. The smallest absolute Gasteiger partial charge is 0.250 e. The van der Waals surface area contributed by atoms with Crippen LogP contribution in [0.3, 0.4) is 0 Å². The molecule has 0 saturated heterocycles. The molecule has 2 aromatic rings. The lowest BCUT2D eigenvalue weighted by Crippen LogP contribution is -2.35. The van der Waals surface area contributed by atoms with Crippen LogP contribution in [-0.4, -0.2) is 29.2 Å². The van der Waals surface area contributed by atoms with Crippen LogP contribution >= 0.6 is 22.9 Å². The van der Waals surface area contributed by atoms with Crippen molar-refractivity contribution < 1.29 is 9.59 Å². The Labute approximate surface area is 162 Å². The maximum atomic E-state index is 12.5. The molecule has 0 unspecified atom stereocenters. The monoisotopic (exact) mass is 390 g/mol. The molecule has 1 aliphatic heterocycles. The van der Waals surface area contributed by atoms with Crippen molar-refractivity contribution >= 4 is 34.6 Å². The SMILES string of the molecule is CC(C)N1CCc2c(sc(CC(=O)Cc3ccc(Cl)cc3)c2C(N)=O)C1. The second-order valence-corrected chi connectivity index (χ2v) is 8.63. The van der Waals surface area contributed by atoms with Crippen LogP contribution < -0.4 is 5.73 Å². The van der Waals surface area contributed by atoms with E-state index in [1.807, 2.05) is 12.1 Å². The van der Waals surface area contributed by atoms with Crippen LogP contribution in [0.5, 0.6) is 0 Å². The molecular weight excluding hydrogens is 368 g/mol. The fourth-order valence-corrected chi connectivity index (χ4v) is 4.94. The molecule has 6 heteroatoms. The van der Waals surface area contributed by atoms with Crippen LogP contribution in [0.2, 0.25) is 5.02 Å². The summed E-state index contributed by atoms with van der Waals surface area (Å²) in [5.41, 5.74) is 8.21. The number of hydrogen-bond acceptors (Lipinski definition) is 4. The van der Waals surface area contributed by atoms with Crippen molar-refractivity contribution in [1.29, 1.82) is 0 Å². The molecule has 0 aliphatic carbocycles. The highest BCUT2D eigenvalue weighted by molar-refractivity contribution is 7.12. The molecule has 2 heterocycles. The van der Waals surface area contributed by atoms with E-state index in [1.54, 1.807) is 23.5 Å². The minimum Gasteiger partial charge on any atom is -0.366 e. The van der Waals surface area contributed by atoms with E-state index >= 15 is 0 Å². The van der Waals surface area contributed by atoms with Gasteiger partial charge >= 0.3 is 0 Å². The van der Waals surface area contributed by atoms with Crippen molar-refractivity contribution in [2.45, 2.75) is 45.7 Å². The van der Waals surface area contributed by atoms with Crippen molar-refractivity contribution in [2.75, 3.05) is 6.54 Å². The van der Waals surface area contributed by atoms with Crippen LogP contribution in [0.1, 0.15) is 45.1 Å². The highest BCUT2D eigenvalue weighted by Gasteiger charge is 2.28. The number of Topliss-reactive ketones (excluding diaryl/α,β-unsaturated/α-hetero) is 1. The number of primary amides is 1. The maximum absolute atomic E-state index is 12.5. The molecule has 0 bridgehead atoms. The van der Waals surface area contributed by atoms with E-state index in [1.165, 1.54) is 4.88 Å². The van der Waals surface area contributed by atoms with Crippen molar-refractivity contribution in [3.8, 4) is 0 Å². The third kappa shape index (κ3) is 4.17. The molecule has 26 heavy (non-hydrogen) atoms. The molecule has 1 aromatic heterocycles. The summed E-state index contributed by atoms with van der Waals surface area (Å²) >= 11 is 7.46. The Morgan fingerprint density at radius 3 is 2.54 bits per heavy atom. The molecule has 4 nitrogen and oxygen atoms in total. The van der Waals surface area contributed by atoms with Gasteiger partial charge in [0.05, 0.1) is 5.56 Å². The third-order valence-corrected chi connectivity index (χ3v) is 6.28. The number of carbonyl (C=O) groups excluding carboxylic acids is 2. The number of hydrogen-bond donors (Lipinski definition) is 1. The van der Waals surface area contributed by atoms with E-state index in [4.69, 9.17) is 17.3 Å². The second kappa shape index (κ2) is 7.91. The quantitative estimate of drug-likeness (QED) is 0.819. The van der Waals surface area contributed by atoms with Crippen molar-refractivity contribution in [3.05, 3.63) is 55.7 Å². The predicted molar refractivity (Wildman–Crippen MR) is 106 cm³/mol. The lowest BCUT2D eigenvalue weighted by Gasteiger charge is -2.30. The molecule has 0 fully saturated rings. The number of thiophene rings is 1. The summed E-state index contributed by atoms with van der Waals surface area (Å²) in [6.07, 6.45) is 1.39. The molecule has 0 atom stereocenters. The first kappa shape index (κ1) is 19.1. The molecule has 1 aliphatic rings. The Balaban J connectivity index is 1.80. The van der Waals surface area contributed by atoms with Gasteiger partial charge in [0, 0.05) is 46.7 Å². The number of nitrogens with two attached hydrogens (primary N) is 1. The number of amides is 1. The van der Waals surface area contributed by atoms with Gasteiger partial charge in [0.2, 0.25) is 5.91 Å². The molecule has 138 valence electrons. The first-order valence-corrected chi connectivity index (χ1v) is 9.98. The first-order valence-electron chi connectivity index (χ1n) is 8.78. The number of rotatable bonds is 6. The molecule has 3 rings (SSSR count). The highest BCUT2D eigenvalue weighted by atomic mass is 35.5. The molecule has 2 N–H and O–H groups in total. The maximum Gasteiger partial charge on any atom is 0.250 e. The van der Waals surface area contributed by atoms with E-state index in [-0.39, 0.29) is 12.2 Å². The van der Waals surface area contributed by atoms with Gasteiger partial charge in [0.1, 0.15) is 5.78 Å². The minimum absolute atomic E-state index is 0.0779. The van der Waals surface area contributed by atoms with Crippen LogP contribution in [0.4, 0.5) is 0 Å². The second-order valence-electron chi connectivity index (χ2n) is 7.00. The zero-order valence-corrected chi connectivity index (χ0v) is 16.6. The number of nitrogens with zero attached hydrogens (tertiary/aromatic N) is 1. The number of ketones is 1. The normalized spacial score (nSPS) is 14.5. The van der Waals surface area contributed by atoms with Gasteiger partial charge < -0.3 is 5.73 Å². The average molecular weight is 391 g/mol. The summed E-state index contributed by atoms with van der Waals surface area (Å²) in [6, 6.07) is 7.73. The van der Waals surface area contributed by atoms with Gasteiger partial charge in [-0.3, -0.25) is 14.5 Å². The fourth-order valence-electron chi connectivity index (χ4n) is 3.40. The van der Waals surface area contributed by atoms with Crippen LogP contribution in [0.15, 0.2) is 24.3 Å². The number of carbonyl (C=O) groups is 2. The van der Waals surface area contributed by atoms with Gasteiger partial charge in [0.25, 0.3) is 0 Å². The van der Waals surface area contributed by atoms with Crippen LogP contribution in [0.25, 0.3) is 0 Å². The van der Waals surface area contributed by atoms with E-state index < -0.39 is 5.91 Å². The van der Waals surface area contributed by atoms with E-state index in [9.17, 15) is 9.59 Å². The largest absolute Gasteiger partial charge is 0.366 e. The fraction of sp³-hybridized carbons (Fsp3) is 0.400. The first-order chi connectivity index (χ1) is 12.3. The predicted octanol–water partition coefficient (Wildman–Crippen LogP) is 3.62. The summed E-state index contributed by atoms with van der Waals surface area (Å²) < 4.78 is 0. The van der Waals surface area contributed by atoms with Gasteiger partial charge in [0.15, 0.2) is 0 Å². The van der Waals surface area contributed by atoms with Gasteiger partial charge in [-0.25, -0.2) is 0 Å². The summed E-state index contributed by atoms with van der Waals surface area (Å²) in [6.45, 7) is 6.08. The van der Waals surface area contributed by atoms with E-state index in [0.717, 1.165) is 35.5 Å². The van der Waals surface area contributed by atoms with Gasteiger partial charge in [-0.05, 0) is 43.5 Å². The van der Waals surface area contributed by atoms with E-state index in [0.29, 0.717) is 23.0 Å². The molecular formula is C20H23ClN2O2S. The van der Waals surface area contributed by atoms with E-state index in [2.05, 4.69) is 18.7 Å². The van der Waals surface area contributed by atoms with Gasteiger partial charge in [-0.15, -0.1) is 11.3 Å². The Bertz CT molecular complexity index is 827. The number of fused-ring (bicyclic) bond motifs is 1. The van der Waals surface area contributed by atoms with Crippen molar-refractivity contribution in [2.24, 2.45) is 5.73 Å². The third-order valence-electron chi connectivity index (χ3n) is 4.81. The Kier molecular flexibility index (Phi) is 5.80. The lowest BCUT2D eigenvalue weighted by molar-refractivity contribution is -0.117. The van der Waals surface area contributed by atoms with Gasteiger partial charge in [-0.2, -0.15) is 0 Å². The van der Waals surface area contributed by atoms with Crippen LogP contribution in [0, 0.1) is 0 Å². The van der Waals surface area contributed by atoms with Crippen LogP contribution in [-0.2, 0) is 30.6 Å². The zero-order valence-electron chi connectivity index (χ0n) is 15.0. The number of halogens is 1. The Morgan fingerprint density at radius 1 is 1.23 bits per heavy atom. The standard InChI is InChI=1S/C20H23ClN2O2S/c1-12(2)23-8-7-16-18(11-23)26-17(19(16)20(22)25)10-15(24)9-13-3-5-14(21)6-4-13/h3-6,12H,7-11H2,1-2H3,(H2,22,25).